The lowest BCUT2D eigenvalue weighted by Crippen LogP contribution is -3.15. The van der Waals surface area contributed by atoms with Crippen LogP contribution in [-0.4, -0.2) is 49.4 Å². The molecule has 2 rings (SSSR count). The van der Waals surface area contributed by atoms with Gasteiger partial charge in [-0.15, -0.1) is 0 Å². The van der Waals surface area contributed by atoms with Crippen LogP contribution in [0.3, 0.4) is 0 Å². The largest absolute Gasteiger partial charge is 0.338 e. The summed E-state index contributed by atoms with van der Waals surface area (Å²) in [5.41, 5.74) is 0.593. The van der Waals surface area contributed by atoms with Gasteiger partial charge < -0.3 is 15.1 Å². The minimum atomic E-state index is -0.276. The zero-order valence-electron chi connectivity index (χ0n) is 15.6. The maximum absolute atomic E-state index is 12.7. The van der Waals surface area contributed by atoms with Gasteiger partial charge in [0.05, 0.1) is 17.1 Å². The highest BCUT2D eigenvalue weighted by atomic mass is 35.5. The molecule has 1 fully saturated rings. The standard InChI is InChI=1S/C19H27Cl2N3O2/c1-13(19(26)24(3)15-7-5-4-6-8-15)23(2)12-18(25)22-14-9-10-16(20)17(21)11-14/h9-11,13,15H,4-8,12H2,1-3H3,(H,22,25)/p+1/t13-/m0/s1. The summed E-state index contributed by atoms with van der Waals surface area (Å²) in [5.74, 6) is -0.0717. The van der Waals surface area contributed by atoms with Crippen molar-refractivity contribution in [1.29, 1.82) is 0 Å². The number of benzene rings is 1. The maximum atomic E-state index is 12.7. The summed E-state index contributed by atoms with van der Waals surface area (Å²) >= 11 is 11.8. The van der Waals surface area contributed by atoms with Crippen LogP contribution in [0, 0.1) is 0 Å². The van der Waals surface area contributed by atoms with E-state index < -0.39 is 0 Å². The van der Waals surface area contributed by atoms with Crippen molar-refractivity contribution < 1.29 is 14.5 Å². The van der Waals surface area contributed by atoms with Crippen LogP contribution in [0.5, 0.6) is 0 Å². The molecule has 1 unspecified atom stereocenters. The van der Waals surface area contributed by atoms with E-state index in [2.05, 4.69) is 5.32 Å². The molecule has 2 amide bonds. The summed E-state index contributed by atoms with van der Waals surface area (Å²) in [5, 5.41) is 3.63. The molecule has 1 aromatic rings. The average molecular weight is 401 g/mol. The van der Waals surface area contributed by atoms with Crippen LogP contribution in [-0.2, 0) is 9.59 Å². The lowest BCUT2D eigenvalue weighted by molar-refractivity contribution is -0.886. The molecule has 1 aromatic carbocycles. The lowest BCUT2D eigenvalue weighted by Gasteiger charge is -2.33. The summed E-state index contributed by atoms with van der Waals surface area (Å²) < 4.78 is 0. The van der Waals surface area contributed by atoms with Gasteiger partial charge in [-0.25, -0.2) is 0 Å². The van der Waals surface area contributed by atoms with Crippen LogP contribution >= 0.6 is 23.2 Å². The van der Waals surface area contributed by atoms with Crippen LogP contribution in [0.25, 0.3) is 0 Å². The van der Waals surface area contributed by atoms with Gasteiger partial charge >= 0.3 is 0 Å². The quantitative estimate of drug-likeness (QED) is 0.770. The first-order chi connectivity index (χ1) is 12.3. The van der Waals surface area contributed by atoms with Crippen molar-refractivity contribution in [2.45, 2.75) is 51.1 Å². The van der Waals surface area contributed by atoms with Crippen molar-refractivity contribution in [3.05, 3.63) is 28.2 Å². The number of hydrogen-bond acceptors (Lipinski definition) is 2. The van der Waals surface area contributed by atoms with Crippen molar-refractivity contribution in [3.8, 4) is 0 Å². The Morgan fingerprint density at radius 2 is 1.88 bits per heavy atom. The number of hydrogen-bond donors (Lipinski definition) is 2. The second kappa shape index (κ2) is 9.58. The van der Waals surface area contributed by atoms with Crippen molar-refractivity contribution >= 4 is 40.7 Å². The van der Waals surface area contributed by atoms with Crippen LogP contribution in [0.4, 0.5) is 5.69 Å². The second-order valence-corrected chi connectivity index (χ2v) is 7.98. The molecule has 1 aliphatic carbocycles. The van der Waals surface area contributed by atoms with E-state index in [1.165, 1.54) is 19.3 Å². The maximum Gasteiger partial charge on any atom is 0.280 e. The van der Waals surface area contributed by atoms with Crippen molar-refractivity contribution in [2.75, 3.05) is 26.0 Å². The van der Waals surface area contributed by atoms with Crippen molar-refractivity contribution in [1.82, 2.24) is 4.90 Å². The Hall–Kier alpha value is -1.30. The molecular weight excluding hydrogens is 373 g/mol. The molecule has 1 aliphatic rings. The van der Waals surface area contributed by atoms with E-state index in [4.69, 9.17) is 23.2 Å². The summed E-state index contributed by atoms with van der Waals surface area (Å²) in [6.07, 6.45) is 5.78. The van der Waals surface area contributed by atoms with Gasteiger partial charge in [0, 0.05) is 18.8 Å². The zero-order chi connectivity index (χ0) is 19.3. The smallest absolute Gasteiger partial charge is 0.280 e. The van der Waals surface area contributed by atoms with E-state index in [1.807, 2.05) is 25.9 Å². The Morgan fingerprint density at radius 1 is 1.23 bits per heavy atom. The summed E-state index contributed by atoms with van der Waals surface area (Å²) in [7, 11) is 3.75. The van der Waals surface area contributed by atoms with Crippen molar-refractivity contribution in [3.63, 3.8) is 0 Å². The third-order valence-corrected chi connectivity index (χ3v) is 5.96. The fraction of sp³-hybridized carbons (Fsp3) is 0.579. The van der Waals surface area contributed by atoms with Crippen molar-refractivity contribution in [2.24, 2.45) is 0 Å². The molecule has 7 heteroatoms. The minimum absolute atomic E-state index is 0.0942. The topological polar surface area (TPSA) is 53.9 Å². The molecule has 0 bridgehead atoms. The van der Waals surface area contributed by atoms with Gasteiger partial charge in [0.15, 0.2) is 12.6 Å². The molecule has 0 spiro atoms. The number of nitrogens with zero attached hydrogens (tertiary/aromatic N) is 1. The number of carbonyl (C=O) groups excluding carboxylic acids is 2. The monoisotopic (exact) mass is 400 g/mol. The number of amides is 2. The van der Waals surface area contributed by atoms with Crippen LogP contribution < -0.4 is 10.2 Å². The fourth-order valence-corrected chi connectivity index (χ4v) is 3.65. The normalized spacial score (nSPS) is 17.4. The number of quaternary nitrogens is 1. The van der Waals surface area contributed by atoms with Gasteiger partial charge in [-0.1, -0.05) is 42.5 Å². The molecule has 0 radical (unpaired) electrons. The molecule has 0 aromatic heterocycles. The third kappa shape index (κ3) is 5.60. The van der Waals surface area contributed by atoms with Gasteiger partial charge in [0.25, 0.3) is 11.8 Å². The molecule has 2 N–H and O–H groups in total. The summed E-state index contributed by atoms with van der Waals surface area (Å²) in [4.78, 5) is 27.8. The van der Waals surface area contributed by atoms with E-state index in [0.717, 1.165) is 17.7 Å². The highest BCUT2D eigenvalue weighted by Gasteiger charge is 2.30. The molecule has 26 heavy (non-hydrogen) atoms. The Kier molecular flexibility index (Phi) is 7.74. The summed E-state index contributed by atoms with van der Waals surface area (Å²) in [6, 6.07) is 5.01. The number of carbonyl (C=O) groups is 2. The van der Waals surface area contributed by atoms with E-state index >= 15 is 0 Å². The van der Waals surface area contributed by atoms with Crippen LogP contribution in [0.15, 0.2) is 18.2 Å². The molecule has 144 valence electrons. The Morgan fingerprint density at radius 3 is 2.50 bits per heavy atom. The molecule has 0 saturated heterocycles. The first-order valence-corrected chi connectivity index (χ1v) is 9.89. The number of nitrogens with one attached hydrogen (secondary N) is 2. The van der Waals surface area contributed by atoms with E-state index in [9.17, 15) is 9.59 Å². The number of anilines is 1. The van der Waals surface area contributed by atoms with Gasteiger partial charge in [-0.3, -0.25) is 9.59 Å². The van der Waals surface area contributed by atoms with Gasteiger partial charge in [-0.2, -0.15) is 0 Å². The number of halogens is 2. The lowest BCUT2D eigenvalue weighted by atomic mass is 9.94. The molecule has 0 heterocycles. The molecule has 2 atom stereocenters. The van der Waals surface area contributed by atoms with E-state index in [0.29, 0.717) is 21.8 Å². The highest BCUT2D eigenvalue weighted by Crippen LogP contribution is 2.25. The molecular formula is C19H28Cl2N3O2+. The van der Waals surface area contributed by atoms with Gasteiger partial charge in [0.1, 0.15) is 0 Å². The fourth-order valence-electron chi connectivity index (χ4n) is 3.35. The van der Waals surface area contributed by atoms with E-state index in [-0.39, 0.29) is 24.4 Å². The second-order valence-electron chi connectivity index (χ2n) is 7.16. The first kappa shape index (κ1) is 21.0. The Balaban J connectivity index is 1.88. The Bertz CT molecular complexity index is 648. The predicted octanol–water partition coefficient (Wildman–Crippen LogP) is 2.63. The van der Waals surface area contributed by atoms with Crippen LogP contribution in [0.1, 0.15) is 39.0 Å². The van der Waals surface area contributed by atoms with Gasteiger partial charge in [0.2, 0.25) is 0 Å². The molecule has 0 aliphatic heterocycles. The predicted molar refractivity (Wildman–Crippen MR) is 106 cm³/mol. The summed E-state index contributed by atoms with van der Waals surface area (Å²) in [6.45, 7) is 2.08. The third-order valence-electron chi connectivity index (χ3n) is 5.22. The Labute approximate surface area is 165 Å². The SMILES string of the molecule is C[C@@H](C(=O)N(C)C1CCCCC1)[NH+](C)CC(=O)Nc1ccc(Cl)c(Cl)c1. The average Bonchev–Trinajstić information content (AvgIpc) is 2.63. The minimum Gasteiger partial charge on any atom is -0.338 e. The zero-order valence-corrected chi connectivity index (χ0v) is 17.2. The number of likely N-dealkylation sites (N-methyl/N-ethyl adjacent to an activating group) is 2. The van der Waals surface area contributed by atoms with E-state index in [1.54, 1.807) is 18.2 Å². The molecule has 5 nitrogen and oxygen atoms in total. The first-order valence-electron chi connectivity index (χ1n) is 9.13. The van der Waals surface area contributed by atoms with Crippen LogP contribution in [0.2, 0.25) is 10.0 Å². The highest BCUT2D eigenvalue weighted by molar-refractivity contribution is 6.42. The number of rotatable bonds is 6. The molecule has 1 saturated carbocycles. The van der Waals surface area contributed by atoms with Gasteiger partial charge in [-0.05, 0) is 38.0 Å².